The Morgan fingerprint density at radius 2 is 1.59 bits per heavy atom. The van der Waals surface area contributed by atoms with E-state index < -0.39 is 0 Å². The van der Waals surface area contributed by atoms with Crippen LogP contribution < -0.4 is 5.32 Å². The van der Waals surface area contributed by atoms with Gasteiger partial charge in [0.25, 0.3) is 0 Å². The highest BCUT2D eigenvalue weighted by atomic mass is 15.3. The summed E-state index contributed by atoms with van der Waals surface area (Å²) in [5, 5.41) is 3.96. The van der Waals surface area contributed by atoms with Gasteiger partial charge in [0.15, 0.2) is 0 Å². The van der Waals surface area contributed by atoms with E-state index in [1.54, 1.807) is 0 Å². The van der Waals surface area contributed by atoms with Gasteiger partial charge < -0.3 is 5.32 Å². The maximum absolute atomic E-state index is 3.96. The van der Waals surface area contributed by atoms with Crippen LogP contribution in [0.5, 0.6) is 0 Å². The van der Waals surface area contributed by atoms with E-state index in [1.807, 2.05) is 0 Å². The molecule has 0 aromatic carbocycles. The predicted molar refractivity (Wildman–Crippen MR) is 72.2 cm³/mol. The summed E-state index contributed by atoms with van der Waals surface area (Å²) in [4.78, 5) is 2.76. The molecule has 2 saturated carbocycles. The van der Waals surface area contributed by atoms with Crippen LogP contribution in [0, 0.1) is 0 Å². The Morgan fingerprint density at radius 3 is 2.24 bits per heavy atom. The van der Waals surface area contributed by atoms with Crippen molar-refractivity contribution < 1.29 is 0 Å². The highest BCUT2D eigenvalue weighted by molar-refractivity contribution is 4.96. The summed E-state index contributed by atoms with van der Waals surface area (Å²) < 4.78 is 0. The molecule has 2 atom stereocenters. The van der Waals surface area contributed by atoms with Crippen molar-refractivity contribution in [1.82, 2.24) is 10.2 Å². The van der Waals surface area contributed by atoms with Gasteiger partial charge in [-0.3, -0.25) is 4.90 Å². The summed E-state index contributed by atoms with van der Waals surface area (Å²) in [6.07, 6.45) is 13.0. The molecular weight excluding hydrogens is 208 g/mol. The maximum Gasteiger partial charge on any atom is 0.0212 e. The largest absolute Gasteiger partial charge is 0.310 e. The van der Waals surface area contributed by atoms with Crippen LogP contribution in [0.1, 0.15) is 64.7 Å². The maximum atomic E-state index is 3.96. The molecule has 0 aromatic rings. The van der Waals surface area contributed by atoms with Crippen LogP contribution in [0.25, 0.3) is 0 Å². The number of likely N-dealkylation sites (tertiary alicyclic amines) is 1. The summed E-state index contributed by atoms with van der Waals surface area (Å²) in [5.41, 5.74) is 0. The average molecular weight is 236 g/mol. The number of nitrogens with one attached hydrogen (secondary N) is 1. The lowest BCUT2D eigenvalue weighted by Crippen LogP contribution is -2.40. The average Bonchev–Trinajstić information content (AvgIpc) is 3.09. The van der Waals surface area contributed by atoms with Gasteiger partial charge in [-0.15, -0.1) is 0 Å². The Bertz CT molecular complexity index is 241. The van der Waals surface area contributed by atoms with Gasteiger partial charge in [-0.25, -0.2) is 0 Å². The number of rotatable bonds is 3. The smallest absolute Gasteiger partial charge is 0.0212 e. The molecule has 3 aliphatic rings. The Balaban J connectivity index is 1.48. The molecule has 0 bridgehead atoms. The molecule has 0 aromatic heterocycles. The van der Waals surface area contributed by atoms with E-state index in [-0.39, 0.29) is 0 Å². The first kappa shape index (κ1) is 12.0. The van der Waals surface area contributed by atoms with Crippen LogP contribution in [0.2, 0.25) is 0 Å². The zero-order chi connectivity index (χ0) is 11.7. The van der Waals surface area contributed by atoms with Crippen LogP contribution >= 0.6 is 0 Å². The van der Waals surface area contributed by atoms with Gasteiger partial charge in [0.2, 0.25) is 0 Å². The molecule has 2 unspecified atom stereocenters. The van der Waals surface area contributed by atoms with Crippen molar-refractivity contribution in [2.24, 2.45) is 0 Å². The monoisotopic (exact) mass is 236 g/mol. The molecule has 2 aliphatic carbocycles. The van der Waals surface area contributed by atoms with Crippen molar-refractivity contribution in [3.05, 3.63) is 0 Å². The van der Waals surface area contributed by atoms with E-state index in [1.165, 1.54) is 64.3 Å². The van der Waals surface area contributed by atoms with Crippen LogP contribution in [-0.2, 0) is 0 Å². The van der Waals surface area contributed by atoms with E-state index in [0.717, 1.165) is 24.2 Å². The first-order valence-electron chi connectivity index (χ1n) is 7.85. The first-order valence-corrected chi connectivity index (χ1v) is 7.85. The van der Waals surface area contributed by atoms with Gasteiger partial charge >= 0.3 is 0 Å². The van der Waals surface area contributed by atoms with Crippen LogP contribution in [0.3, 0.4) is 0 Å². The molecule has 1 N–H and O–H groups in total. The topological polar surface area (TPSA) is 15.3 Å². The Labute approximate surface area is 106 Å². The van der Waals surface area contributed by atoms with Crippen molar-refractivity contribution in [3.8, 4) is 0 Å². The predicted octanol–water partition coefficient (Wildman–Crippen LogP) is 2.92. The molecular formula is C15H28N2. The fraction of sp³-hybridized carbons (Fsp3) is 1.00. The second-order valence-electron chi connectivity index (χ2n) is 6.56. The van der Waals surface area contributed by atoms with Crippen molar-refractivity contribution in [3.63, 3.8) is 0 Å². The minimum absolute atomic E-state index is 0.786. The van der Waals surface area contributed by atoms with Gasteiger partial charge in [0, 0.05) is 30.7 Å². The van der Waals surface area contributed by atoms with E-state index in [9.17, 15) is 0 Å². The number of nitrogens with zero attached hydrogens (tertiary/aromatic N) is 1. The Morgan fingerprint density at radius 1 is 0.882 bits per heavy atom. The third-order valence-electron chi connectivity index (χ3n) is 4.97. The van der Waals surface area contributed by atoms with Gasteiger partial charge in [0.05, 0.1) is 0 Å². The Kier molecular flexibility index (Phi) is 3.72. The molecule has 1 saturated heterocycles. The lowest BCUT2D eigenvalue weighted by atomic mass is 10.1. The summed E-state index contributed by atoms with van der Waals surface area (Å²) >= 11 is 0. The normalized spacial score (nSPS) is 37.2. The van der Waals surface area contributed by atoms with E-state index in [0.29, 0.717) is 0 Å². The standard InChI is InChI=1S/C15H28N2/c1-12-10-14(11-17(12)15-8-9-15)16-13-6-4-2-3-5-7-13/h12-16H,2-11H2,1H3. The fourth-order valence-corrected chi connectivity index (χ4v) is 3.87. The van der Waals surface area contributed by atoms with Crippen LogP contribution in [0.4, 0.5) is 0 Å². The second kappa shape index (κ2) is 5.27. The molecule has 1 heterocycles. The van der Waals surface area contributed by atoms with Crippen molar-refractivity contribution in [2.45, 2.75) is 88.9 Å². The zero-order valence-electron chi connectivity index (χ0n) is 11.3. The first-order chi connectivity index (χ1) is 8.33. The Hall–Kier alpha value is -0.0800. The number of hydrogen-bond acceptors (Lipinski definition) is 2. The SMILES string of the molecule is CC1CC(NC2CCCCCC2)CN1C1CC1. The molecule has 0 spiro atoms. The molecule has 1 aliphatic heterocycles. The summed E-state index contributed by atoms with van der Waals surface area (Å²) in [5.74, 6) is 0. The van der Waals surface area contributed by atoms with Gasteiger partial charge in [-0.2, -0.15) is 0 Å². The van der Waals surface area contributed by atoms with E-state index >= 15 is 0 Å². The highest BCUT2D eigenvalue weighted by Gasteiger charge is 2.39. The van der Waals surface area contributed by atoms with Gasteiger partial charge in [0.1, 0.15) is 0 Å². The third kappa shape index (κ3) is 3.03. The van der Waals surface area contributed by atoms with E-state index in [4.69, 9.17) is 0 Å². The molecule has 2 heteroatoms. The van der Waals surface area contributed by atoms with Crippen LogP contribution in [0.15, 0.2) is 0 Å². The molecule has 2 nitrogen and oxygen atoms in total. The molecule has 3 rings (SSSR count). The minimum atomic E-state index is 0.786. The molecule has 0 amide bonds. The summed E-state index contributed by atoms with van der Waals surface area (Å²) in [6.45, 7) is 3.75. The van der Waals surface area contributed by atoms with E-state index in [2.05, 4.69) is 17.1 Å². The van der Waals surface area contributed by atoms with Gasteiger partial charge in [-0.05, 0) is 39.0 Å². The molecule has 3 fully saturated rings. The van der Waals surface area contributed by atoms with Crippen LogP contribution in [-0.4, -0.2) is 35.6 Å². The van der Waals surface area contributed by atoms with Crippen molar-refractivity contribution in [1.29, 1.82) is 0 Å². The van der Waals surface area contributed by atoms with Crippen molar-refractivity contribution >= 4 is 0 Å². The quantitative estimate of drug-likeness (QED) is 0.758. The molecule has 0 radical (unpaired) electrons. The molecule has 98 valence electrons. The zero-order valence-corrected chi connectivity index (χ0v) is 11.3. The highest BCUT2D eigenvalue weighted by Crippen LogP contribution is 2.33. The minimum Gasteiger partial charge on any atom is -0.310 e. The summed E-state index contributed by atoms with van der Waals surface area (Å²) in [6, 6.07) is 3.39. The van der Waals surface area contributed by atoms with Crippen molar-refractivity contribution in [2.75, 3.05) is 6.54 Å². The lowest BCUT2D eigenvalue weighted by Gasteiger charge is -2.22. The lowest BCUT2D eigenvalue weighted by molar-refractivity contribution is 0.253. The fourth-order valence-electron chi connectivity index (χ4n) is 3.87. The van der Waals surface area contributed by atoms with Gasteiger partial charge in [-0.1, -0.05) is 25.7 Å². The third-order valence-corrected chi connectivity index (χ3v) is 4.97. The summed E-state index contributed by atoms with van der Waals surface area (Å²) in [7, 11) is 0. The molecule has 17 heavy (non-hydrogen) atoms. The second-order valence-corrected chi connectivity index (χ2v) is 6.56. The number of hydrogen-bond donors (Lipinski definition) is 1.